The first-order chi connectivity index (χ1) is 7.52. The van der Waals surface area contributed by atoms with Crippen molar-refractivity contribution < 1.29 is 19.5 Å². The average molecular weight is 264 g/mol. The highest BCUT2D eigenvalue weighted by Crippen LogP contribution is 2.25. The lowest BCUT2D eigenvalue weighted by molar-refractivity contribution is -0.144. The van der Waals surface area contributed by atoms with Crippen molar-refractivity contribution in [1.82, 2.24) is 5.48 Å². The van der Waals surface area contributed by atoms with Gasteiger partial charge in [-0.1, -0.05) is 29.3 Å². The minimum Gasteiger partial charge on any atom is -0.479 e. The highest BCUT2D eigenvalue weighted by molar-refractivity contribution is 6.43. The molecule has 0 radical (unpaired) electrons. The van der Waals surface area contributed by atoms with E-state index in [-0.39, 0.29) is 15.6 Å². The van der Waals surface area contributed by atoms with E-state index >= 15 is 0 Å². The zero-order valence-electron chi connectivity index (χ0n) is 7.87. The fourth-order valence-corrected chi connectivity index (χ4v) is 1.28. The Kier molecular flexibility index (Phi) is 4.54. The normalized spacial score (nSPS) is 9.88. The molecule has 0 fully saturated rings. The van der Waals surface area contributed by atoms with Gasteiger partial charge in [-0.15, -0.1) is 0 Å². The van der Waals surface area contributed by atoms with Crippen LogP contribution in [-0.2, 0) is 9.63 Å². The van der Waals surface area contributed by atoms with Crippen LogP contribution in [-0.4, -0.2) is 23.6 Å². The molecule has 1 aromatic carbocycles. The van der Waals surface area contributed by atoms with Crippen LogP contribution in [0, 0.1) is 0 Å². The summed E-state index contributed by atoms with van der Waals surface area (Å²) in [5.74, 6) is -1.86. The molecule has 7 heteroatoms. The molecule has 0 atom stereocenters. The van der Waals surface area contributed by atoms with Crippen molar-refractivity contribution in [2.75, 3.05) is 6.61 Å². The Labute approximate surface area is 101 Å². The van der Waals surface area contributed by atoms with E-state index in [9.17, 15) is 9.59 Å². The number of halogens is 2. The highest BCUT2D eigenvalue weighted by atomic mass is 35.5. The van der Waals surface area contributed by atoms with Crippen molar-refractivity contribution in [2.24, 2.45) is 0 Å². The number of carbonyl (C=O) groups is 2. The summed E-state index contributed by atoms with van der Waals surface area (Å²) >= 11 is 11.5. The second-order valence-electron chi connectivity index (χ2n) is 2.71. The molecule has 0 aliphatic rings. The maximum atomic E-state index is 11.4. The summed E-state index contributed by atoms with van der Waals surface area (Å²) in [4.78, 5) is 25.9. The minimum atomic E-state index is -1.20. The molecule has 16 heavy (non-hydrogen) atoms. The van der Waals surface area contributed by atoms with Crippen LogP contribution in [0.15, 0.2) is 18.2 Å². The van der Waals surface area contributed by atoms with Crippen LogP contribution in [0.4, 0.5) is 0 Å². The van der Waals surface area contributed by atoms with Gasteiger partial charge in [0.2, 0.25) is 0 Å². The molecule has 0 unspecified atom stereocenters. The largest absolute Gasteiger partial charge is 0.479 e. The quantitative estimate of drug-likeness (QED) is 0.812. The zero-order chi connectivity index (χ0) is 12.1. The monoisotopic (exact) mass is 263 g/mol. The maximum absolute atomic E-state index is 11.4. The summed E-state index contributed by atoms with van der Waals surface area (Å²) in [6, 6.07) is 4.51. The molecule has 2 N–H and O–H groups in total. The van der Waals surface area contributed by atoms with Crippen molar-refractivity contribution in [1.29, 1.82) is 0 Å². The first-order valence-electron chi connectivity index (χ1n) is 4.10. The van der Waals surface area contributed by atoms with Crippen LogP contribution in [0.25, 0.3) is 0 Å². The first-order valence-corrected chi connectivity index (χ1v) is 4.86. The van der Waals surface area contributed by atoms with E-state index in [0.717, 1.165) is 0 Å². The van der Waals surface area contributed by atoms with Crippen LogP contribution >= 0.6 is 23.2 Å². The van der Waals surface area contributed by atoms with Crippen molar-refractivity contribution in [3.05, 3.63) is 33.8 Å². The van der Waals surface area contributed by atoms with Gasteiger partial charge in [0.1, 0.15) is 0 Å². The lowest BCUT2D eigenvalue weighted by Gasteiger charge is -2.06. The number of nitrogens with one attached hydrogen (secondary N) is 1. The summed E-state index contributed by atoms with van der Waals surface area (Å²) in [6.45, 7) is -0.635. The number of hydroxylamine groups is 1. The topological polar surface area (TPSA) is 75.6 Å². The van der Waals surface area contributed by atoms with Gasteiger partial charge in [-0.25, -0.2) is 10.3 Å². The molecular weight excluding hydrogens is 257 g/mol. The Balaban J connectivity index is 2.66. The Morgan fingerprint density at radius 2 is 2.06 bits per heavy atom. The molecule has 0 aromatic heterocycles. The number of benzene rings is 1. The van der Waals surface area contributed by atoms with Crippen molar-refractivity contribution >= 4 is 35.1 Å². The second kappa shape index (κ2) is 5.69. The number of hydrogen-bond acceptors (Lipinski definition) is 3. The summed E-state index contributed by atoms with van der Waals surface area (Å²) in [5, 5.41) is 8.59. The average Bonchev–Trinajstić information content (AvgIpc) is 2.21. The third-order valence-electron chi connectivity index (χ3n) is 1.56. The van der Waals surface area contributed by atoms with Gasteiger partial charge >= 0.3 is 5.97 Å². The molecule has 0 aliphatic heterocycles. The van der Waals surface area contributed by atoms with Crippen molar-refractivity contribution in [2.45, 2.75) is 0 Å². The van der Waals surface area contributed by atoms with E-state index < -0.39 is 18.5 Å². The van der Waals surface area contributed by atoms with Gasteiger partial charge < -0.3 is 5.11 Å². The third kappa shape index (κ3) is 3.37. The predicted molar refractivity (Wildman–Crippen MR) is 57.5 cm³/mol. The van der Waals surface area contributed by atoms with E-state index in [1.807, 2.05) is 5.48 Å². The van der Waals surface area contributed by atoms with Crippen LogP contribution in [0.2, 0.25) is 10.0 Å². The molecule has 0 heterocycles. The number of hydrogen-bond donors (Lipinski definition) is 2. The van der Waals surface area contributed by atoms with Gasteiger partial charge in [-0.2, -0.15) is 0 Å². The highest BCUT2D eigenvalue weighted by Gasteiger charge is 2.12. The fourth-order valence-electron chi connectivity index (χ4n) is 0.898. The Hall–Kier alpha value is -1.30. The summed E-state index contributed by atoms with van der Waals surface area (Å²) in [5.41, 5.74) is 2.05. The molecule has 0 saturated heterocycles. The number of amides is 1. The minimum absolute atomic E-state index is 0.0839. The number of aliphatic carboxylic acids is 1. The van der Waals surface area contributed by atoms with E-state index in [0.29, 0.717) is 0 Å². The van der Waals surface area contributed by atoms with Crippen LogP contribution in [0.1, 0.15) is 10.4 Å². The van der Waals surface area contributed by atoms with Gasteiger partial charge in [0.05, 0.1) is 15.6 Å². The van der Waals surface area contributed by atoms with Gasteiger partial charge in [-0.3, -0.25) is 9.63 Å². The van der Waals surface area contributed by atoms with Crippen LogP contribution in [0.5, 0.6) is 0 Å². The maximum Gasteiger partial charge on any atom is 0.332 e. The molecule has 0 saturated carbocycles. The first kappa shape index (κ1) is 12.8. The Bertz CT molecular complexity index is 422. The summed E-state index contributed by atoms with van der Waals surface area (Å²) < 4.78 is 0. The molecule has 0 aliphatic carbocycles. The third-order valence-corrected chi connectivity index (χ3v) is 2.38. The SMILES string of the molecule is O=C(O)CONC(=O)c1cccc(Cl)c1Cl. The fraction of sp³-hybridized carbons (Fsp3) is 0.111. The number of carboxylic acid groups (broad SMARTS) is 1. The number of rotatable bonds is 4. The Morgan fingerprint density at radius 3 is 2.69 bits per heavy atom. The lowest BCUT2D eigenvalue weighted by atomic mass is 10.2. The predicted octanol–water partition coefficient (Wildman–Crippen LogP) is 1.74. The van der Waals surface area contributed by atoms with Gasteiger partial charge in [0, 0.05) is 0 Å². The van der Waals surface area contributed by atoms with Crippen molar-refractivity contribution in [3.63, 3.8) is 0 Å². The number of carboxylic acids is 1. The van der Waals surface area contributed by atoms with Crippen LogP contribution < -0.4 is 5.48 Å². The summed E-state index contributed by atoms with van der Waals surface area (Å²) in [6.07, 6.45) is 0. The van der Waals surface area contributed by atoms with E-state index in [1.54, 1.807) is 6.07 Å². The standard InChI is InChI=1S/C9H7Cl2NO4/c10-6-3-1-2-5(8(6)11)9(15)12-16-4-7(13)14/h1-3H,4H2,(H,12,15)(H,13,14). The molecule has 5 nitrogen and oxygen atoms in total. The molecule has 1 amide bonds. The smallest absolute Gasteiger partial charge is 0.332 e. The van der Waals surface area contributed by atoms with Gasteiger partial charge in [0.15, 0.2) is 6.61 Å². The van der Waals surface area contributed by atoms with E-state index in [2.05, 4.69) is 4.84 Å². The molecule has 1 rings (SSSR count). The lowest BCUT2D eigenvalue weighted by Crippen LogP contribution is -2.26. The van der Waals surface area contributed by atoms with E-state index in [1.165, 1.54) is 12.1 Å². The van der Waals surface area contributed by atoms with Crippen LogP contribution in [0.3, 0.4) is 0 Å². The molecule has 1 aromatic rings. The molecule has 86 valence electrons. The molecule has 0 spiro atoms. The van der Waals surface area contributed by atoms with Gasteiger partial charge in [0.25, 0.3) is 5.91 Å². The van der Waals surface area contributed by atoms with Gasteiger partial charge in [-0.05, 0) is 12.1 Å². The van der Waals surface area contributed by atoms with E-state index in [4.69, 9.17) is 28.3 Å². The second-order valence-corrected chi connectivity index (χ2v) is 3.50. The molecule has 0 bridgehead atoms. The Morgan fingerprint density at radius 1 is 1.38 bits per heavy atom. The molecular formula is C9H7Cl2NO4. The number of carbonyl (C=O) groups excluding carboxylic acids is 1. The van der Waals surface area contributed by atoms with Crippen molar-refractivity contribution in [3.8, 4) is 0 Å². The zero-order valence-corrected chi connectivity index (χ0v) is 9.38. The summed E-state index contributed by atoms with van der Waals surface area (Å²) in [7, 11) is 0.